The molecule has 2 heterocycles. The van der Waals surface area contributed by atoms with Crippen molar-refractivity contribution in [2.75, 3.05) is 11.3 Å². The molecule has 0 saturated heterocycles. The maximum Gasteiger partial charge on any atom is 0.328 e. The maximum absolute atomic E-state index is 12.2. The zero-order valence-corrected chi connectivity index (χ0v) is 25.0. The van der Waals surface area contributed by atoms with E-state index in [0.29, 0.717) is 43.1 Å². The Hall–Kier alpha value is -3.69. The molecule has 0 spiro atoms. The Labute approximate surface area is 241 Å². The quantitative estimate of drug-likeness (QED) is 0.228. The van der Waals surface area contributed by atoms with Crippen molar-refractivity contribution < 1.29 is 27.8 Å². The van der Waals surface area contributed by atoms with Crippen LogP contribution in [0.15, 0.2) is 36.7 Å². The predicted molar refractivity (Wildman–Crippen MR) is 149 cm³/mol. The van der Waals surface area contributed by atoms with Crippen molar-refractivity contribution in [3.05, 3.63) is 53.6 Å². The molecule has 1 aromatic carbocycles. The lowest BCUT2D eigenvalue weighted by atomic mass is 10.1. The van der Waals surface area contributed by atoms with Crippen LogP contribution in [-0.2, 0) is 62.9 Å². The average Bonchev–Trinajstić information content (AvgIpc) is 3.44. The number of carbonyl (C=O) groups excluding carboxylic acids is 2. The first-order valence-electron chi connectivity index (χ1n) is 13.0. The summed E-state index contributed by atoms with van der Waals surface area (Å²) in [6, 6.07) is 7.09. The van der Waals surface area contributed by atoms with E-state index in [4.69, 9.17) is 9.47 Å². The Morgan fingerprint density at radius 3 is 1.76 bits per heavy atom. The van der Waals surface area contributed by atoms with Gasteiger partial charge in [-0.05, 0) is 65.7 Å². The van der Waals surface area contributed by atoms with Crippen molar-refractivity contribution in [2.45, 2.75) is 85.3 Å². The minimum absolute atomic E-state index is 0.0577. The van der Waals surface area contributed by atoms with Gasteiger partial charge < -0.3 is 18.7 Å². The van der Waals surface area contributed by atoms with Crippen LogP contribution in [0.3, 0.4) is 0 Å². The number of benzene rings is 1. The lowest BCUT2D eigenvalue weighted by Gasteiger charge is -2.20. The van der Waals surface area contributed by atoms with Crippen LogP contribution in [0.25, 0.3) is 0 Å². The Bertz CT molecular complexity index is 1260. The number of ether oxygens (including phenoxy) is 2. The number of aromatic nitrogens is 6. The number of carbonyl (C=O) groups is 2. The number of nitrogens with zero attached hydrogens (tertiary/aromatic N) is 7. The summed E-state index contributed by atoms with van der Waals surface area (Å²) in [6.07, 6.45) is 4.04. The van der Waals surface area contributed by atoms with Gasteiger partial charge in [-0.15, -0.1) is 10.2 Å². The van der Waals surface area contributed by atoms with Gasteiger partial charge in [0, 0.05) is 36.6 Å². The molecule has 1 unspecified atom stereocenters. The largest absolute Gasteiger partial charge is 0.755 e. The van der Waals surface area contributed by atoms with E-state index in [9.17, 15) is 18.4 Å². The number of anilines is 1. The molecule has 0 radical (unpaired) electrons. The second-order valence-corrected chi connectivity index (χ2v) is 12.2. The molecule has 3 aromatic rings. The molecule has 0 aliphatic heterocycles. The molecule has 41 heavy (non-hydrogen) atoms. The van der Waals surface area contributed by atoms with Gasteiger partial charge in [-0.1, -0.05) is 22.6 Å². The summed E-state index contributed by atoms with van der Waals surface area (Å²) in [5.74, 6) is -0.822. The third-order valence-electron chi connectivity index (χ3n) is 5.24. The van der Waals surface area contributed by atoms with Crippen molar-refractivity contribution in [2.24, 2.45) is 0 Å². The van der Waals surface area contributed by atoms with Crippen LogP contribution in [0.5, 0.6) is 0 Å². The molecule has 3 rings (SSSR count). The van der Waals surface area contributed by atoms with Crippen molar-refractivity contribution >= 4 is 28.9 Å². The average molecular weight is 590 g/mol. The molecule has 15 heteroatoms. The van der Waals surface area contributed by atoms with E-state index in [1.165, 1.54) is 9.36 Å². The first-order chi connectivity index (χ1) is 19.1. The second-order valence-electron chi connectivity index (χ2n) is 11.5. The zero-order chi connectivity index (χ0) is 30.2. The van der Waals surface area contributed by atoms with E-state index >= 15 is 0 Å². The summed E-state index contributed by atoms with van der Waals surface area (Å²) in [7, 11) is 0. The molecule has 0 aliphatic carbocycles. The van der Waals surface area contributed by atoms with E-state index in [-0.39, 0.29) is 13.1 Å². The van der Waals surface area contributed by atoms with Crippen LogP contribution in [0.2, 0.25) is 0 Å². The number of rotatable bonds is 13. The smallest absolute Gasteiger partial charge is 0.328 e. The van der Waals surface area contributed by atoms with Crippen LogP contribution >= 0.6 is 0 Å². The summed E-state index contributed by atoms with van der Waals surface area (Å²) in [4.78, 5) is 26.5. The van der Waals surface area contributed by atoms with Gasteiger partial charge in [0.15, 0.2) is 0 Å². The molecule has 2 aromatic heterocycles. The fourth-order valence-electron chi connectivity index (χ4n) is 3.78. The van der Waals surface area contributed by atoms with Crippen LogP contribution < -0.4 is 4.72 Å². The van der Waals surface area contributed by atoms with Crippen molar-refractivity contribution in [1.82, 2.24) is 34.9 Å². The molecule has 1 N–H and O–H groups in total. The highest BCUT2D eigenvalue weighted by atomic mass is 32.2. The van der Waals surface area contributed by atoms with E-state index < -0.39 is 34.4 Å². The molecular formula is C26H37N8O6S-. The monoisotopic (exact) mass is 589 g/mol. The van der Waals surface area contributed by atoms with Gasteiger partial charge in [-0.3, -0.25) is 18.7 Å². The Morgan fingerprint density at radius 1 is 0.878 bits per heavy atom. The summed E-state index contributed by atoms with van der Waals surface area (Å²) < 4.78 is 37.6. The van der Waals surface area contributed by atoms with Crippen LogP contribution in [-0.4, -0.2) is 73.3 Å². The summed E-state index contributed by atoms with van der Waals surface area (Å²) >= 11 is -2.39. The molecule has 1 atom stereocenters. The highest BCUT2D eigenvalue weighted by Gasteiger charge is 2.19. The van der Waals surface area contributed by atoms with Gasteiger partial charge in [-0.25, -0.2) is 9.36 Å². The fraction of sp³-hybridized carbons (Fsp3) is 0.538. The minimum atomic E-state index is -2.39. The molecule has 0 bridgehead atoms. The third-order valence-corrected chi connectivity index (χ3v) is 5.64. The number of esters is 2. The molecular weight excluding hydrogens is 552 g/mol. The Kier molecular flexibility index (Phi) is 10.7. The van der Waals surface area contributed by atoms with Crippen LogP contribution in [0.1, 0.15) is 58.5 Å². The van der Waals surface area contributed by atoms with Crippen LogP contribution in [0.4, 0.5) is 5.69 Å². The minimum Gasteiger partial charge on any atom is -0.755 e. The molecule has 0 saturated carbocycles. The molecule has 14 nitrogen and oxygen atoms in total. The number of hydrogen-bond donors (Lipinski definition) is 1. The van der Waals surface area contributed by atoms with Gasteiger partial charge in [0.05, 0.1) is 23.8 Å². The van der Waals surface area contributed by atoms with E-state index in [1.807, 2.05) is 12.1 Å². The Balaban J connectivity index is 1.68. The second kappa shape index (κ2) is 13.8. The molecule has 0 aliphatic rings. The zero-order valence-electron chi connectivity index (χ0n) is 24.2. The topological polar surface area (TPSA) is 169 Å². The van der Waals surface area contributed by atoms with E-state index in [1.54, 1.807) is 66.1 Å². The maximum atomic E-state index is 12.2. The van der Waals surface area contributed by atoms with Gasteiger partial charge in [0.25, 0.3) is 0 Å². The van der Waals surface area contributed by atoms with Gasteiger partial charge in [0.2, 0.25) is 0 Å². The highest BCUT2D eigenvalue weighted by molar-refractivity contribution is 7.80. The lowest BCUT2D eigenvalue weighted by molar-refractivity contribution is -0.157. The van der Waals surface area contributed by atoms with Crippen molar-refractivity contribution in [1.29, 1.82) is 0 Å². The standard InChI is InChI=1S/C26H38N8O6S/c1-25(2,3)39-23(35)17-33-15-21(27-30-33)13-32(12-11-19-7-9-20(10-8-19)29-41(37)38)14-22-16-34(31-28-22)18-24(36)40-26(4,5)6/h7-10,15-16,29H,11-14,17-18H2,1-6H3,(H,37,38)/p-1. The Morgan fingerprint density at radius 2 is 1.34 bits per heavy atom. The highest BCUT2D eigenvalue weighted by Crippen LogP contribution is 2.14. The van der Waals surface area contributed by atoms with Gasteiger partial charge >= 0.3 is 11.9 Å². The number of nitrogens with one attached hydrogen (secondary N) is 1. The van der Waals surface area contributed by atoms with Crippen LogP contribution in [0, 0.1) is 0 Å². The third kappa shape index (κ3) is 12.2. The van der Waals surface area contributed by atoms with Gasteiger partial charge in [-0.2, -0.15) is 0 Å². The molecule has 224 valence electrons. The number of hydrogen-bond acceptors (Lipinski definition) is 11. The normalized spacial score (nSPS) is 12.8. The predicted octanol–water partition coefficient (Wildman–Crippen LogP) is 2.00. The van der Waals surface area contributed by atoms with E-state index in [2.05, 4.69) is 30.2 Å². The molecule has 0 fully saturated rings. The van der Waals surface area contributed by atoms with E-state index in [0.717, 1.165) is 5.56 Å². The summed E-state index contributed by atoms with van der Waals surface area (Å²) in [6.45, 7) is 12.1. The fourth-order valence-corrected chi connectivity index (χ4v) is 4.11. The van der Waals surface area contributed by atoms with Crippen molar-refractivity contribution in [3.8, 4) is 0 Å². The first kappa shape index (κ1) is 31.8. The lowest BCUT2D eigenvalue weighted by Crippen LogP contribution is -2.27. The molecule has 0 amide bonds. The summed E-state index contributed by atoms with van der Waals surface area (Å²) in [5, 5.41) is 16.6. The summed E-state index contributed by atoms with van der Waals surface area (Å²) in [5.41, 5.74) is 1.57. The SMILES string of the molecule is CC(C)(C)OC(=O)Cn1cc(CN(CCc2ccc(NS(=O)[O-])cc2)Cc2cn(CC(=O)OC(C)(C)C)nn2)nn1. The van der Waals surface area contributed by atoms with Gasteiger partial charge in [0.1, 0.15) is 24.3 Å². The van der Waals surface area contributed by atoms with Crippen molar-refractivity contribution in [3.63, 3.8) is 0 Å². The first-order valence-corrected chi connectivity index (χ1v) is 14.1.